The number of carbonyl (C=O) groups is 3. The van der Waals surface area contributed by atoms with E-state index in [0.717, 1.165) is 18.5 Å². The molecule has 1 aromatic heterocycles. The van der Waals surface area contributed by atoms with Crippen LogP contribution in [0.15, 0.2) is 0 Å². The van der Waals surface area contributed by atoms with Crippen molar-refractivity contribution >= 4 is 18.0 Å². The van der Waals surface area contributed by atoms with Crippen molar-refractivity contribution in [1.29, 1.82) is 0 Å². The van der Waals surface area contributed by atoms with Crippen molar-refractivity contribution < 1.29 is 19.1 Å². The van der Waals surface area contributed by atoms with Gasteiger partial charge in [0.1, 0.15) is 0 Å². The van der Waals surface area contributed by atoms with Gasteiger partial charge in [0.15, 0.2) is 6.29 Å². The molecule has 0 saturated carbocycles. The van der Waals surface area contributed by atoms with Gasteiger partial charge in [-0.25, -0.2) is 4.79 Å². The molecular formula is C12H13NO4. The van der Waals surface area contributed by atoms with Gasteiger partial charge in [-0.05, 0) is 25.3 Å². The average Bonchev–Trinajstić information content (AvgIpc) is 2.86. The van der Waals surface area contributed by atoms with Crippen LogP contribution >= 0.6 is 0 Å². The van der Waals surface area contributed by atoms with Crippen molar-refractivity contribution in [2.75, 3.05) is 7.11 Å². The number of aldehydes is 1. The van der Waals surface area contributed by atoms with Gasteiger partial charge in [-0.1, -0.05) is 0 Å². The molecule has 0 aromatic carbocycles. The molecule has 17 heavy (non-hydrogen) atoms. The summed E-state index contributed by atoms with van der Waals surface area (Å²) in [5.41, 5.74) is 2.12. The van der Waals surface area contributed by atoms with Crippen molar-refractivity contribution in [3.63, 3.8) is 0 Å². The maximum absolute atomic E-state index is 11.7. The number of hydrogen-bond donors (Lipinski definition) is 0. The molecule has 0 fully saturated rings. The molecule has 1 aromatic rings. The van der Waals surface area contributed by atoms with Crippen molar-refractivity contribution in [2.45, 2.75) is 26.3 Å². The monoisotopic (exact) mass is 235 g/mol. The maximum Gasteiger partial charge on any atom is 0.339 e. The van der Waals surface area contributed by atoms with Crippen molar-refractivity contribution in [3.05, 3.63) is 22.5 Å². The van der Waals surface area contributed by atoms with Gasteiger partial charge in [-0.15, -0.1) is 0 Å². The minimum absolute atomic E-state index is 0.287. The Hall–Kier alpha value is -1.91. The number of methoxy groups -OCH3 is 1. The summed E-state index contributed by atoms with van der Waals surface area (Å²) in [7, 11) is 1.31. The van der Waals surface area contributed by atoms with Crippen LogP contribution in [-0.4, -0.2) is 29.7 Å². The summed E-state index contributed by atoms with van der Waals surface area (Å²) in [6.07, 6.45) is 1.89. The Kier molecular flexibility index (Phi) is 2.83. The molecule has 1 aliphatic rings. The van der Waals surface area contributed by atoms with Crippen LogP contribution in [0, 0.1) is 6.92 Å². The first-order chi connectivity index (χ1) is 8.11. The topological polar surface area (TPSA) is 65.4 Å². The average molecular weight is 235 g/mol. The third-order valence-corrected chi connectivity index (χ3v) is 3.14. The number of ether oxygens (including phenoxy) is 1. The van der Waals surface area contributed by atoms with E-state index in [4.69, 9.17) is 4.74 Å². The molecule has 0 atom stereocenters. The second kappa shape index (κ2) is 4.16. The molecule has 0 aliphatic carbocycles. The summed E-state index contributed by atoms with van der Waals surface area (Å²) in [6.45, 7) is 2.34. The Morgan fingerprint density at radius 1 is 1.41 bits per heavy atom. The van der Waals surface area contributed by atoms with Crippen LogP contribution in [0.1, 0.15) is 38.5 Å². The van der Waals surface area contributed by atoms with E-state index in [2.05, 4.69) is 0 Å². The Labute approximate surface area is 98.4 Å². The number of rotatable bonds is 3. The molecule has 5 heteroatoms. The highest BCUT2D eigenvalue weighted by Crippen LogP contribution is 2.29. The standard InChI is InChI=1S/C12H13NO4/c1-7-10(12(16)17-2)8-4-3-5-13(8)11(7)9(15)6-14/h6H,3-5H2,1-2H3. The van der Waals surface area contributed by atoms with Crippen LogP contribution in [-0.2, 0) is 22.5 Å². The molecule has 0 N–H and O–H groups in total. The molecule has 0 bridgehead atoms. The predicted octanol–water partition coefficient (Wildman–Crippen LogP) is 0.911. The van der Waals surface area contributed by atoms with E-state index in [1.54, 1.807) is 11.5 Å². The lowest BCUT2D eigenvalue weighted by molar-refractivity contribution is -0.104. The van der Waals surface area contributed by atoms with E-state index in [9.17, 15) is 14.4 Å². The highest BCUT2D eigenvalue weighted by atomic mass is 16.5. The quantitative estimate of drug-likeness (QED) is 0.338. The Balaban J connectivity index is 2.66. The van der Waals surface area contributed by atoms with Crippen molar-refractivity contribution in [1.82, 2.24) is 4.57 Å². The Bertz CT molecular complexity index is 513. The van der Waals surface area contributed by atoms with Crippen LogP contribution in [0.4, 0.5) is 0 Å². The molecule has 0 amide bonds. The molecule has 2 heterocycles. The molecule has 90 valence electrons. The predicted molar refractivity (Wildman–Crippen MR) is 59.2 cm³/mol. The molecule has 5 nitrogen and oxygen atoms in total. The normalized spacial score (nSPS) is 13.3. The SMILES string of the molecule is COC(=O)c1c(C)c(C(=O)C=O)n2c1CCC2. The fourth-order valence-electron chi connectivity index (χ4n) is 2.47. The van der Waals surface area contributed by atoms with Gasteiger partial charge in [0, 0.05) is 12.2 Å². The van der Waals surface area contributed by atoms with Gasteiger partial charge in [-0.3, -0.25) is 9.59 Å². The molecule has 0 unspecified atom stereocenters. The number of fused-ring (bicyclic) bond motifs is 1. The molecule has 0 radical (unpaired) electrons. The first kappa shape index (κ1) is 11.6. The minimum atomic E-state index is -0.583. The van der Waals surface area contributed by atoms with Gasteiger partial charge in [0.25, 0.3) is 0 Å². The number of esters is 1. The smallest absolute Gasteiger partial charge is 0.339 e. The van der Waals surface area contributed by atoms with Crippen LogP contribution in [0.2, 0.25) is 0 Å². The Morgan fingerprint density at radius 3 is 2.71 bits per heavy atom. The van der Waals surface area contributed by atoms with E-state index >= 15 is 0 Å². The summed E-state index contributed by atoms with van der Waals surface area (Å²) in [5, 5.41) is 0. The van der Waals surface area contributed by atoms with Gasteiger partial charge >= 0.3 is 5.97 Å². The van der Waals surface area contributed by atoms with Gasteiger partial charge in [0.05, 0.1) is 18.4 Å². The second-order valence-electron chi connectivity index (χ2n) is 4.02. The van der Waals surface area contributed by atoms with E-state index in [1.165, 1.54) is 7.11 Å². The lowest BCUT2D eigenvalue weighted by atomic mass is 10.1. The van der Waals surface area contributed by atoms with Gasteiger partial charge in [0.2, 0.25) is 5.78 Å². The maximum atomic E-state index is 11.7. The third kappa shape index (κ3) is 1.58. The highest BCUT2D eigenvalue weighted by molar-refractivity contribution is 6.33. The number of hydrogen-bond acceptors (Lipinski definition) is 4. The lowest BCUT2D eigenvalue weighted by Gasteiger charge is -2.01. The molecule has 1 aliphatic heterocycles. The summed E-state index contributed by atoms with van der Waals surface area (Å²) in [5.74, 6) is -1.03. The number of aromatic nitrogens is 1. The van der Waals surface area contributed by atoms with Crippen LogP contribution in [0.5, 0.6) is 0 Å². The van der Waals surface area contributed by atoms with Crippen LogP contribution in [0.3, 0.4) is 0 Å². The number of Topliss-reactive ketones (excluding diaryl/α,β-unsaturated/α-hetero) is 1. The van der Waals surface area contributed by atoms with E-state index in [0.29, 0.717) is 23.4 Å². The molecule has 0 saturated heterocycles. The molecule has 0 spiro atoms. The highest BCUT2D eigenvalue weighted by Gasteiger charge is 2.30. The number of nitrogens with zero attached hydrogens (tertiary/aromatic N) is 1. The fourth-order valence-corrected chi connectivity index (χ4v) is 2.47. The zero-order valence-corrected chi connectivity index (χ0v) is 9.78. The number of carbonyl (C=O) groups excluding carboxylic acids is 3. The van der Waals surface area contributed by atoms with E-state index in [1.807, 2.05) is 0 Å². The van der Waals surface area contributed by atoms with Crippen molar-refractivity contribution in [3.8, 4) is 0 Å². The zero-order valence-electron chi connectivity index (χ0n) is 9.78. The molecular weight excluding hydrogens is 222 g/mol. The largest absolute Gasteiger partial charge is 0.465 e. The molecule has 2 rings (SSSR count). The first-order valence-electron chi connectivity index (χ1n) is 5.41. The summed E-state index contributed by atoms with van der Waals surface area (Å²) < 4.78 is 6.48. The lowest BCUT2D eigenvalue weighted by Crippen LogP contribution is -2.10. The van der Waals surface area contributed by atoms with Crippen molar-refractivity contribution in [2.24, 2.45) is 0 Å². The van der Waals surface area contributed by atoms with Gasteiger partial charge < -0.3 is 9.30 Å². The summed E-state index contributed by atoms with van der Waals surface area (Å²) in [6, 6.07) is 0. The van der Waals surface area contributed by atoms with E-state index in [-0.39, 0.29) is 6.29 Å². The van der Waals surface area contributed by atoms with Gasteiger partial charge in [-0.2, -0.15) is 0 Å². The van der Waals surface area contributed by atoms with Crippen LogP contribution in [0.25, 0.3) is 0 Å². The number of ketones is 1. The Morgan fingerprint density at radius 2 is 2.12 bits per heavy atom. The van der Waals surface area contributed by atoms with Crippen LogP contribution < -0.4 is 0 Å². The zero-order chi connectivity index (χ0) is 12.6. The summed E-state index contributed by atoms with van der Waals surface area (Å²) >= 11 is 0. The summed E-state index contributed by atoms with van der Waals surface area (Å²) in [4.78, 5) is 33.9. The second-order valence-corrected chi connectivity index (χ2v) is 4.02. The first-order valence-corrected chi connectivity index (χ1v) is 5.41. The van der Waals surface area contributed by atoms with E-state index < -0.39 is 11.8 Å². The third-order valence-electron chi connectivity index (χ3n) is 3.14. The fraction of sp³-hybridized carbons (Fsp3) is 0.417. The minimum Gasteiger partial charge on any atom is -0.465 e.